The van der Waals surface area contributed by atoms with Crippen LogP contribution in [0.3, 0.4) is 0 Å². The zero-order chi connectivity index (χ0) is 22.0. The maximum Gasteiger partial charge on any atom is 0.266 e. The van der Waals surface area contributed by atoms with Crippen molar-refractivity contribution in [1.29, 1.82) is 0 Å². The van der Waals surface area contributed by atoms with Gasteiger partial charge in [-0.15, -0.1) is 0 Å². The first-order chi connectivity index (χ1) is 14.9. The van der Waals surface area contributed by atoms with Gasteiger partial charge in [-0.2, -0.15) is 0 Å². The number of thioether (sulfide) groups is 1. The maximum atomic E-state index is 12.9. The predicted molar refractivity (Wildman–Crippen MR) is 136 cm³/mol. The Labute approximate surface area is 212 Å². The van der Waals surface area contributed by atoms with Gasteiger partial charge in [0.2, 0.25) is 0 Å². The lowest BCUT2D eigenvalue weighted by molar-refractivity contribution is -0.123. The molecule has 0 aromatic heterocycles. The molecule has 4 rings (SSSR count). The first-order valence-electron chi connectivity index (χ1n) is 9.64. The number of rotatable bonds is 6. The Morgan fingerprint density at radius 1 is 1.29 bits per heavy atom. The van der Waals surface area contributed by atoms with Crippen molar-refractivity contribution in [1.82, 2.24) is 4.90 Å². The van der Waals surface area contributed by atoms with E-state index < -0.39 is 0 Å². The van der Waals surface area contributed by atoms with Crippen LogP contribution in [0.25, 0.3) is 6.08 Å². The highest BCUT2D eigenvalue weighted by molar-refractivity contribution is 9.11. The van der Waals surface area contributed by atoms with Crippen LogP contribution in [-0.4, -0.2) is 34.4 Å². The molecule has 9 heteroatoms. The van der Waals surface area contributed by atoms with Gasteiger partial charge in [-0.3, -0.25) is 9.69 Å². The Morgan fingerprint density at radius 2 is 2.03 bits per heavy atom. The van der Waals surface area contributed by atoms with Gasteiger partial charge in [0.05, 0.1) is 26.5 Å². The monoisotopic (exact) mass is 601 g/mol. The highest BCUT2D eigenvalue weighted by atomic mass is 79.9. The predicted octanol–water partition coefficient (Wildman–Crippen LogP) is 6.82. The van der Waals surface area contributed by atoms with Crippen LogP contribution < -0.4 is 4.74 Å². The van der Waals surface area contributed by atoms with E-state index in [0.29, 0.717) is 33.1 Å². The number of benzene rings is 2. The molecule has 1 atom stereocenters. The molecule has 0 aliphatic carbocycles. The van der Waals surface area contributed by atoms with Crippen molar-refractivity contribution in [3.63, 3.8) is 0 Å². The molecular weight excluding hydrogens is 586 g/mol. The Morgan fingerprint density at radius 3 is 2.71 bits per heavy atom. The van der Waals surface area contributed by atoms with Gasteiger partial charge in [0.1, 0.15) is 16.7 Å². The molecule has 162 valence electrons. The van der Waals surface area contributed by atoms with Gasteiger partial charge < -0.3 is 9.47 Å². The van der Waals surface area contributed by atoms with Crippen molar-refractivity contribution in [2.75, 3.05) is 13.2 Å². The van der Waals surface area contributed by atoms with Crippen molar-refractivity contribution >= 4 is 83.7 Å². The van der Waals surface area contributed by atoms with Crippen LogP contribution in [0.2, 0.25) is 5.02 Å². The number of hydrogen-bond donors (Lipinski definition) is 0. The molecule has 0 bridgehead atoms. The summed E-state index contributed by atoms with van der Waals surface area (Å²) in [6.07, 6.45) is 3.91. The van der Waals surface area contributed by atoms with E-state index in [1.54, 1.807) is 4.90 Å². The minimum Gasteiger partial charge on any atom is -0.486 e. The molecule has 31 heavy (non-hydrogen) atoms. The third-order valence-corrected chi connectivity index (χ3v) is 7.86. The molecule has 2 heterocycles. The topological polar surface area (TPSA) is 38.8 Å². The zero-order valence-corrected chi connectivity index (χ0v) is 21.8. The second-order valence-corrected chi connectivity index (χ2v) is 10.9. The van der Waals surface area contributed by atoms with E-state index in [0.717, 1.165) is 39.5 Å². The molecule has 2 aromatic rings. The van der Waals surface area contributed by atoms with Gasteiger partial charge in [0.15, 0.2) is 0 Å². The summed E-state index contributed by atoms with van der Waals surface area (Å²) in [4.78, 5) is 15.1. The highest BCUT2D eigenvalue weighted by Gasteiger charge is 2.34. The van der Waals surface area contributed by atoms with E-state index in [1.165, 1.54) is 11.8 Å². The normalized spacial score (nSPS) is 20.2. The third-order valence-electron chi connectivity index (χ3n) is 4.93. The molecule has 4 nitrogen and oxygen atoms in total. The summed E-state index contributed by atoms with van der Waals surface area (Å²) >= 11 is 20.1. The largest absolute Gasteiger partial charge is 0.486 e. The number of ether oxygens (including phenoxy) is 2. The second-order valence-electron chi connectivity index (χ2n) is 7.12. The number of carbonyl (C=O) groups is 1. The molecule has 2 aromatic carbocycles. The Kier molecular flexibility index (Phi) is 7.77. The van der Waals surface area contributed by atoms with Crippen LogP contribution >= 0.6 is 67.4 Å². The quantitative estimate of drug-likeness (QED) is 0.268. The summed E-state index contributed by atoms with van der Waals surface area (Å²) in [7, 11) is 0. The summed E-state index contributed by atoms with van der Waals surface area (Å²) < 4.78 is 13.8. The van der Waals surface area contributed by atoms with Gasteiger partial charge in [0.25, 0.3) is 5.91 Å². The van der Waals surface area contributed by atoms with Crippen molar-refractivity contribution in [2.45, 2.75) is 25.6 Å². The van der Waals surface area contributed by atoms with E-state index in [9.17, 15) is 4.79 Å². The summed E-state index contributed by atoms with van der Waals surface area (Å²) in [6.45, 7) is 1.62. The van der Waals surface area contributed by atoms with Crippen LogP contribution in [0, 0.1) is 0 Å². The lowest BCUT2D eigenvalue weighted by atomic mass is 10.2. The van der Waals surface area contributed by atoms with Crippen LogP contribution in [0.1, 0.15) is 24.0 Å². The summed E-state index contributed by atoms with van der Waals surface area (Å²) in [5.41, 5.74) is 1.77. The van der Waals surface area contributed by atoms with E-state index in [2.05, 4.69) is 31.9 Å². The second kappa shape index (κ2) is 10.4. The summed E-state index contributed by atoms with van der Waals surface area (Å²) in [5.74, 6) is 0.597. The third kappa shape index (κ3) is 5.54. The first-order valence-corrected chi connectivity index (χ1v) is 12.8. The fourth-order valence-electron chi connectivity index (χ4n) is 3.37. The number of thiocarbonyl (C=S) groups is 1. The van der Waals surface area contributed by atoms with Crippen LogP contribution in [0.4, 0.5) is 0 Å². The van der Waals surface area contributed by atoms with Crippen LogP contribution in [0.15, 0.2) is 50.2 Å². The summed E-state index contributed by atoms with van der Waals surface area (Å²) in [5, 5.41) is 0.663. The van der Waals surface area contributed by atoms with E-state index in [4.69, 9.17) is 33.3 Å². The van der Waals surface area contributed by atoms with Crippen molar-refractivity contribution < 1.29 is 14.3 Å². The summed E-state index contributed by atoms with van der Waals surface area (Å²) in [6, 6.07) is 11.4. The Bertz CT molecular complexity index is 1030. The number of nitrogens with zero attached hydrogens (tertiary/aromatic N) is 1. The average molecular weight is 604 g/mol. The molecule has 0 unspecified atom stereocenters. The smallest absolute Gasteiger partial charge is 0.266 e. The minimum atomic E-state index is -0.0724. The van der Waals surface area contributed by atoms with Crippen molar-refractivity contribution in [3.8, 4) is 5.75 Å². The standard InChI is InChI=1S/C22H18Br2ClNO3S2/c23-16-8-13(9-17(24)20(16)29-12-14-4-1-2-6-18(14)25)10-19-21(27)26(22(30)31-19)11-15-5-3-7-28-15/h1-2,4,6,8-10,15H,3,5,7,11-12H2/b19-10-/t15-/m1/s1. The molecule has 2 fully saturated rings. The lowest BCUT2D eigenvalue weighted by Gasteiger charge is -2.18. The highest BCUT2D eigenvalue weighted by Crippen LogP contribution is 2.38. The lowest BCUT2D eigenvalue weighted by Crippen LogP contribution is -2.35. The van der Waals surface area contributed by atoms with Gasteiger partial charge in [0, 0.05) is 17.2 Å². The number of hydrogen-bond acceptors (Lipinski definition) is 5. The molecule has 0 radical (unpaired) electrons. The number of amides is 1. The van der Waals surface area contributed by atoms with Crippen molar-refractivity contribution in [3.05, 3.63) is 66.4 Å². The number of halogens is 3. The molecule has 1 amide bonds. The maximum absolute atomic E-state index is 12.9. The first kappa shape index (κ1) is 23.3. The Balaban J connectivity index is 1.48. The van der Waals surface area contributed by atoms with Gasteiger partial charge >= 0.3 is 0 Å². The zero-order valence-electron chi connectivity index (χ0n) is 16.3. The van der Waals surface area contributed by atoms with Gasteiger partial charge in [-0.05, 0) is 74.5 Å². The molecular formula is C22H18Br2ClNO3S2. The van der Waals surface area contributed by atoms with E-state index >= 15 is 0 Å². The number of carbonyl (C=O) groups excluding carboxylic acids is 1. The minimum absolute atomic E-state index is 0.0692. The molecule has 2 saturated heterocycles. The fourth-order valence-corrected chi connectivity index (χ4v) is 6.28. The molecule has 0 saturated carbocycles. The molecule has 2 aliphatic rings. The molecule has 0 spiro atoms. The van der Waals surface area contributed by atoms with Crippen molar-refractivity contribution in [2.24, 2.45) is 0 Å². The fraction of sp³-hybridized carbons (Fsp3) is 0.273. The SMILES string of the molecule is O=C1/C(=C/c2cc(Br)c(OCc3ccccc3Cl)c(Br)c2)SC(=S)N1C[C@H]1CCCO1. The van der Waals surface area contributed by atoms with Gasteiger partial charge in [-0.1, -0.05) is 53.8 Å². The average Bonchev–Trinajstić information content (AvgIpc) is 3.33. The van der Waals surface area contributed by atoms with Crippen LogP contribution in [-0.2, 0) is 16.1 Å². The van der Waals surface area contributed by atoms with E-state index in [1.807, 2.05) is 42.5 Å². The van der Waals surface area contributed by atoms with E-state index in [-0.39, 0.29) is 12.0 Å². The van der Waals surface area contributed by atoms with Crippen LogP contribution in [0.5, 0.6) is 5.75 Å². The molecule has 0 N–H and O–H groups in total. The van der Waals surface area contributed by atoms with Gasteiger partial charge in [-0.25, -0.2) is 0 Å². The molecule has 2 aliphatic heterocycles. The Hall–Kier alpha value is -0.900.